The maximum absolute atomic E-state index is 11.2. The van der Waals surface area contributed by atoms with Crippen LogP contribution < -0.4 is 4.74 Å². The number of nitro benzene ring substituents is 1. The summed E-state index contributed by atoms with van der Waals surface area (Å²) in [7, 11) is 0. The van der Waals surface area contributed by atoms with Gasteiger partial charge in [0.1, 0.15) is 5.75 Å². The third-order valence-corrected chi connectivity index (χ3v) is 3.34. The van der Waals surface area contributed by atoms with Crippen molar-refractivity contribution in [3.63, 3.8) is 0 Å². The molecule has 0 spiro atoms. The summed E-state index contributed by atoms with van der Waals surface area (Å²) in [6.45, 7) is 1.57. The van der Waals surface area contributed by atoms with Gasteiger partial charge in [0.2, 0.25) is 0 Å². The minimum atomic E-state index is -0.676. The molecular formula is C14H18ClNO5. The van der Waals surface area contributed by atoms with Crippen LogP contribution in [0.25, 0.3) is 0 Å². The average Bonchev–Trinajstić information content (AvgIpc) is 2.52. The first-order valence-electron chi connectivity index (χ1n) is 6.92. The van der Waals surface area contributed by atoms with Crippen molar-refractivity contribution < 1.29 is 19.1 Å². The molecule has 0 N–H and O–H groups in total. The number of benzene rings is 1. The van der Waals surface area contributed by atoms with Gasteiger partial charge in [0.05, 0.1) is 36.4 Å². The molecule has 0 radical (unpaired) electrons. The number of unbranched alkanes of at least 4 members (excludes halogenated alkanes) is 1. The molecule has 1 aliphatic rings. The van der Waals surface area contributed by atoms with E-state index in [1.807, 2.05) is 0 Å². The Morgan fingerprint density at radius 2 is 2.10 bits per heavy atom. The lowest BCUT2D eigenvalue weighted by molar-refractivity contribution is -0.387. The van der Waals surface area contributed by atoms with Gasteiger partial charge in [0, 0.05) is 5.88 Å². The summed E-state index contributed by atoms with van der Waals surface area (Å²) < 4.78 is 16.3. The van der Waals surface area contributed by atoms with Crippen molar-refractivity contribution in [2.45, 2.75) is 25.6 Å². The summed E-state index contributed by atoms with van der Waals surface area (Å²) in [5, 5.41) is 11.2. The van der Waals surface area contributed by atoms with Gasteiger partial charge >= 0.3 is 0 Å². The zero-order chi connectivity index (χ0) is 15.1. The van der Waals surface area contributed by atoms with E-state index in [0.717, 1.165) is 19.3 Å². The van der Waals surface area contributed by atoms with Crippen LogP contribution in [0.2, 0.25) is 0 Å². The van der Waals surface area contributed by atoms with E-state index >= 15 is 0 Å². The SMILES string of the molecule is O=[N+]([O-])c1cc(OCCCCCl)ccc1C1OCCCO1. The van der Waals surface area contributed by atoms with Gasteiger partial charge in [-0.2, -0.15) is 0 Å². The van der Waals surface area contributed by atoms with Gasteiger partial charge in [0.15, 0.2) is 6.29 Å². The molecule has 0 aromatic heterocycles. The van der Waals surface area contributed by atoms with Crippen molar-refractivity contribution in [2.75, 3.05) is 25.7 Å². The fraction of sp³-hybridized carbons (Fsp3) is 0.571. The van der Waals surface area contributed by atoms with Crippen LogP contribution in [-0.4, -0.2) is 30.6 Å². The number of ether oxygens (including phenoxy) is 3. The second kappa shape index (κ2) is 8.17. The molecule has 0 bridgehead atoms. The first-order chi connectivity index (χ1) is 10.2. The Balaban J connectivity index is 2.09. The molecule has 1 aromatic carbocycles. The highest BCUT2D eigenvalue weighted by Crippen LogP contribution is 2.33. The molecule has 0 amide bonds. The molecular weight excluding hydrogens is 298 g/mol. The van der Waals surface area contributed by atoms with Gasteiger partial charge in [-0.05, 0) is 31.4 Å². The lowest BCUT2D eigenvalue weighted by atomic mass is 10.1. The number of rotatable bonds is 7. The summed E-state index contributed by atoms with van der Waals surface area (Å²) in [5.74, 6) is 1.05. The monoisotopic (exact) mass is 315 g/mol. The zero-order valence-electron chi connectivity index (χ0n) is 11.6. The van der Waals surface area contributed by atoms with Crippen LogP contribution in [0.5, 0.6) is 5.75 Å². The standard InChI is InChI=1S/C14H18ClNO5/c15-6-1-2-7-19-11-4-5-12(13(10-11)16(17)18)14-20-8-3-9-21-14/h4-5,10,14H,1-3,6-9H2. The van der Waals surface area contributed by atoms with E-state index in [9.17, 15) is 10.1 Å². The number of nitro groups is 1. The predicted molar refractivity (Wildman–Crippen MR) is 77.8 cm³/mol. The number of halogens is 1. The van der Waals surface area contributed by atoms with Crippen LogP contribution in [0, 0.1) is 10.1 Å². The number of hydrogen-bond acceptors (Lipinski definition) is 5. The highest BCUT2D eigenvalue weighted by molar-refractivity contribution is 6.17. The van der Waals surface area contributed by atoms with E-state index in [2.05, 4.69) is 0 Å². The molecule has 1 saturated heterocycles. The maximum atomic E-state index is 11.2. The Labute approximate surface area is 128 Å². The largest absolute Gasteiger partial charge is 0.493 e. The highest BCUT2D eigenvalue weighted by Gasteiger charge is 2.26. The van der Waals surface area contributed by atoms with E-state index in [0.29, 0.717) is 37.0 Å². The lowest BCUT2D eigenvalue weighted by Gasteiger charge is -2.23. The normalized spacial score (nSPS) is 15.9. The first-order valence-corrected chi connectivity index (χ1v) is 7.46. The molecule has 116 valence electrons. The summed E-state index contributed by atoms with van der Waals surface area (Å²) in [5.41, 5.74) is 0.379. The first kappa shape index (κ1) is 16.0. The molecule has 21 heavy (non-hydrogen) atoms. The highest BCUT2D eigenvalue weighted by atomic mass is 35.5. The van der Waals surface area contributed by atoms with E-state index in [4.69, 9.17) is 25.8 Å². The predicted octanol–water partition coefficient (Wildman–Crippen LogP) is 3.43. The van der Waals surface area contributed by atoms with Crippen molar-refractivity contribution in [1.29, 1.82) is 0 Å². The topological polar surface area (TPSA) is 70.8 Å². The number of alkyl halides is 1. The smallest absolute Gasteiger partial charge is 0.281 e. The van der Waals surface area contributed by atoms with Crippen LogP contribution in [0.4, 0.5) is 5.69 Å². The van der Waals surface area contributed by atoms with Crippen LogP contribution in [0.3, 0.4) is 0 Å². The van der Waals surface area contributed by atoms with Crippen LogP contribution >= 0.6 is 11.6 Å². The molecule has 0 aliphatic carbocycles. The van der Waals surface area contributed by atoms with Crippen LogP contribution in [0.15, 0.2) is 18.2 Å². The molecule has 2 rings (SSSR count). The molecule has 1 aromatic rings. The van der Waals surface area contributed by atoms with Crippen LogP contribution in [-0.2, 0) is 9.47 Å². The summed E-state index contributed by atoms with van der Waals surface area (Å²) in [6, 6.07) is 4.74. The second-order valence-corrected chi connectivity index (χ2v) is 5.03. The van der Waals surface area contributed by atoms with E-state index in [-0.39, 0.29) is 5.69 Å². The van der Waals surface area contributed by atoms with Crippen molar-refractivity contribution in [2.24, 2.45) is 0 Å². The number of nitrogens with zero attached hydrogens (tertiary/aromatic N) is 1. The molecule has 1 aliphatic heterocycles. The van der Waals surface area contributed by atoms with Gasteiger partial charge in [0.25, 0.3) is 5.69 Å². The molecule has 0 unspecified atom stereocenters. The average molecular weight is 316 g/mol. The zero-order valence-corrected chi connectivity index (χ0v) is 12.4. The number of hydrogen-bond donors (Lipinski definition) is 0. The Bertz CT molecular complexity index is 476. The molecule has 7 heteroatoms. The van der Waals surface area contributed by atoms with Gasteiger partial charge in [-0.15, -0.1) is 11.6 Å². The van der Waals surface area contributed by atoms with E-state index in [1.54, 1.807) is 12.1 Å². The molecule has 6 nitrogen and oxygen atoms in total. The molecule has 0 atom stereocenters. The maximum Gasteiger partial charge on any atom is 0.281 e. The van der Waals surface area contributed by atoms with Crippen molar-refractivity contribution in [3.8, 4) is 5.75 Å². The minimum Gasteiger partial charge on any atom is -0.493 e. The van der Waals surface area contributed by atoms with Gasteiger partial charge in [-0.25, -0.2) is 0 Å². The summed E-state index contributed by atoms with van der Waals surface area (Å²) in [6.07, 6.45) is 1.79. The fourth-order valence-electron chi connectivity index (χ4n) is 2.02. The van der Waals surface area contributed by atoms with E-state index < -0.39 is 11.2 Å². The van der Waals surface area contributed by atoms with Gasteiger partial charge in [-0.3, -0.25) is 10.1 Å². The third-order valence-electron chi connectivity index (χ3n) is 3.08. The Morgan fingerprint density at radius 1 is 1.33 bits per heavy atom. The quantitative estimate of drug-likeness (QED) is 0.333. The van der Waals surface area contributed by atoms with Crippen LogP contribution in [0.1, 0.15) is 31.1 Å². The van der Waals surface area contributed by atoms with E-state index in [1.165, 1.54) is 6.07 Å². The van der Waals surface area contributed by atoms with Crippen molar-refractivity contribution in [1.82, 2.24) is 0 Å². The minimum absolute atomic E-state index is 0.0447. The summed E-state index contributed by atoms with van der Waals surface area (Å²) >= 11 is 5.58. The third kappa shape index (κ3) is 4.56. The molecule has 1 fully saturated rings. The van der Waals surface area contributed by atoms with Gasteiger partial charge < -0.3 is 14.2 Å². The van der Waals surface area contributed by atoms with Crippen molar-refractivity contribution in [3.05, 3.63) is 33.9 Å². The molecule has 1 heterocycles. The molecule has 0 saturated carbocycles. The Kier molecular flexibility index (Phi) is 6.22. The lowest BCUT2D eigenvalue weighted by Crippen LogP contribution is -2.18. The Hall–Kier alpha value is -1.37. The van der Waals surface area contributed by atoms with Gasteiger partial charge in [-0.1, -0.05) is 0 Å². The second-order valence-electron chi connectivity index (χ2n) is 4.65. The fourth-order valence-corrected chi connectivity index (χ4v) is 2.21. The Morgan fingerprint density at radius 3 is 2.76 bits per heavy atom. The summed E-state index contributed by atoms with van der Waals surface area (Å²) in [4.78, 5) is 10.8. The van der Waals surface area contributed by atoms with Crippen molar-refractivity contribution >= 4 is 17.3 Å².